The minimum Gasteiger partial charge on any atom is -0.457 e. The number of hydrogen-bond acceptors (Lipinski definition) is 5. The fourth-order valence-corrected chi connectivity index (χ4v) is 3.46. The lowest BCUT2D eigenvalue weighted by Gasteiger charge is -2.26. The summed E-state index contributed by atoms with van der Waals surface area (Å²) in [5, 5.41) is 0. The molecule has 2 aromatic carbocycles. The van der Waals surface area contributed by atoms with Gasteiger partial charge >= 0.3 is 5.69 Å². The van der Waals surface area contributed by atoms with E-state index in [0.29, 0.717) is 23.6 Å². The molecular formula is C25H30N4O4. The Bertz CT molecular complexity index is 1200. The number of carbonyl (C=O) groups is 1. The lowest BCUT2D eigenvalue weighted by atomic mass is 10.1. The maximum Gasteiger partial charge on any atom is 0.330 e. The van der Waals surface area contributed by atoms with Gasteiger partial charge < -0.3 is 15.4 Å². The van der Waals surface area contributed by atoms with E-state index in [9.17, 15) is 14.4 Å². The number of nitrogens with zero attached hydrogens (tertiary/aromatic N) is 2. The Kier molecular flexibility index (Phi) is 7.71. The van der Waals surface area contributed by atoms with Crippen molar-refractivity contribution in [1.29, 1.82) is 0 Å². The zero-order valence-electron chi connectivity index (χ0n) is 19.2. The zero-order chi connectivity index (χ0) is 24.0. The van der Waals surface area contributed by atoms with Crippen molar-refractivity contribution in [2.75, 3.05) is 17.2 Å². The minimum atomic E-state index is -0.678. The minimum absolute atomic E-state index is 0.00442. The number of nitrogens with two attached hydrogens (primary N) is 1. The predicted molar refractivity (Wildman–Crippen MR) is 130 cm³/mol. The van der Waals surface area contributed by atoms with Crippen LogP contribution in [0.5, 0.6) is 11.5 Å². The maximum absolute atomic E-state index is 13.5. The van der Waals surface area contributed by atoms with Gasteiger partial charge in [-0.05, 0) is 48.7 Å². The molecule has 3 N–H and O–H groups in total. The van der Waals surface area contributed by atoms with E-state index in [4.69, 9.17) is 10.5 Å². The molecule has 8 heteroatoms. The van der Waals surface area contributed by atoms with Crippen LogP contribution in [0.1, 0.15) is 44.0 Å². The number of amides is 1. The second-order valence-electron chi connectivity index (χ2n) is 8.25. The molecule has 0 bridgehead atoms. The number of hydrogen-bond donors (Lipinski definition) is 2. The number of aromatic nitrogens is 2. The van der Waals surface area contributed by atoms with E-state index in [0.717, 1.165) is 12.8 Å². The Hall–Kier alpha value is -3.81. The molecule has 0 saturated heterocycles. The first-order valence-electron chi connectivity index (χ1n) is 11.1. The molecule has 3 rings (SSSR count). The van der Waals surface area contributed by atoms with Crippen molar-refractivity contribution >= 4 is 17.4 Å². The van der Waals surface area contributed by atoms with E-state index in [1.54, 1.807) is 24.3 Å². The monoisotopic (exact) mass is 450 g/mol. The van der Waals surface area contributed by atoms with Crippen molar-refractivity contribution in [3.63, 3.8) is 0 Å². The largest absolute Gasteiger partial charge is 0.457 e. The highest BCUT2D eigenvalue weighted by Crippen LogP contribution is 2.24. The third-order valence-electron chi connectivity index (χ3n) is 5.09. The second-order valence-corrected chi connectivity index (χ2v) is 8.25. The number of H-pyrrole nitrogens is 1. The lowest BCUT2D eigenvalue weighted by Crippen LogP contribution is -2.42. The van der Waals surface area contributed by atoms with Crippen molar-refractivity contribution in [3.8, 4) is 11.5 Å². The van der Waals surface area contributed by atoms with Gasteiger partial charge in [0.25, 0.3) is 11.5 Å². The van der Waals surface area contributed by atoms with Crippen LogP contribution >= 0.6 is 0 Å². The van der Waals surface area contributed by atoms with Gasteiger partial charge in [0.05, 0.1) is 0 Å². The molecule has 0 aliphatic heterocycles. The molecule has 3 aromatic rings. The first kappa shape index (κ1) is 23.8. The number of benzene rings is 2. The summed E-state index contributed by atoms with van der Waals surface area (Å²) in [6, 6.07) is 16.0. The van der Waals surface area contributed by atoms with Gasteiger partial charge in [0.1, 0.15) is 17.3 Å². The Morgan fingerprint density at radius 1 is 1.06 bits per heavy atom. The summed E-state index contributed by atoms with van der Waals surface area (Å²) < 4.78 is 7.11. The topological polar surface area (TPSA) is 110 Å². The van der Waals surface area contributed by atoms with Gasteiger partial charge in [-0.3, -0.25) is 19.1 Å². The van der Waals surface area contributed by atoms with Crippen LogP contribution in [0.2, 0.25) is 0 Å². The Morgan fingerprint density at radius 3 is 2.30 bits per heavy atom. The molecule has 1 heterocycles. The number of carbonyl (C=O) groups excluding carboxylic acids is 1. The van der Waals surface area contributed by atoms with Crippen molar-refractivity contribution in [1.82, 2.24) is 9.55 Å². The highest BCUT2D eigenvalue weighted by molar-refractivity contribution is 6.07. The number of anilines is 2. The Balaban J connectivity index is 1.96. The predicted octanol–water partition coefficient (Wildman–Crippen LogP) is 4.01. The summed E-state index contributed by atoms with van der Waals surface area (Å²) in [6.45, 7) is 6.50. The molecule has 0 unspecified atom stereocenters. The highest BCUT2D eigenvalue weighted by Gasteiger charge is 2.26. The number of nitrogens with one attached hydrogen (secondary N) is 1. The van der Waals surface area contributed by atoms with Crippen molar-refractivity contribution in [2.24, 2.45) is 5.92 Å². The molecule has 0 spiro atoms. The van der Waals surface area contributed by atoms with E-state index >= 15 is 0 Å². The smallest absolute Gasteiger partial charge is 0.330 e. The maximum atomic E-state index is 13.5. The molecule has 0 atom stereocenters. The third-order valence-corrected chi connectivity index (χ3v) is 5.09. The zero-order valence-corrected chi connectivity index (χ0v) is 19.2. The fraction of sp³-hybridized carbons (Fsp3) is 0.320. The summed E-state index contributed by atoms with van der Waals surface area (Å²) in [4.78, 5) is 42.2. The Labute approximate surface area is 192 Å². The van der Waals surface area contributed by atoms with E-state index in [1.165, 1.54) is 9.47 Å². The van der Waals surface area contributed by atoms with Crippen LogP contribution < -0.4 is 26.6 Å². The summed E-state index contributed by atoms with van der Waals surface area (Å²) in [5.41, 5.74) is 5.38. The number of ether oxygens (including phenoxy) is 1. The first-order chi connectivity index (χ1) is 15.8. The molecule has 1 aromatic heterocycles. The van der Waals surface area contributed by atoms with Gasteiger partial charge in [0, 0.05) is 18.7 Å². The van der Waals surface area contributed by atoms with Crippen LogP contribution in [0.25, 0.3) is 0 Å². The number of rotatable bonds is 9. The third kappa shape index (κ3) is 5.71. The highest BCUT2D eigenvalue weighted by atomic mass is 16.5. The van der Waals surface area contributed by atoms with E-state index in [1.807, 2.05) is 51.1 Å². The number of aromatic amines is 1. The van der Waals surface area contributed by atoms with Crippen LogP contribution in [-0.2, 0) is 6.54 Å². The van der Waals surface area contributed by atoms with Crippen LogP contribution in [0.4, 0.5) is 11.5 Å². The molecule has 0 aliphatic carbocycles. The van der Waals surface area contributed by atoms with Gasteiger partial charge in [-0.15, -0.1) is 0 Å². The number of nitrogen functional groups attached to an aromatic ring is 1. The normalized spacial score (nSPS) is 10.9. The van der Waals surface area contributed by atoms with Crippen molar-refractivity contribution in [3.05, 3.63) is 81.0 Å². The van der Waals surface area contributed by atoms with Crippen LogP contribution in [0, 0.1) is 5.92 Å². The molecule has 1 amide bonds. The molecule has 0 aliphatic rings. The summed E-state index contributed by atoms with van der Waals surface area (Å²) in [5.74, 6) is 0.942. The molecule has 0 saturated carbocycles. The van der Waals surface area contributed by atoms with Gasteiger partial charge in [0.15, 0.2) is 5.69 Å². The lowest BCUT2D eigenvalue weighted by molar-refractivity contribution is 0.0983. The van der Waals surface area contributed by atoms with Gasteiger partial charge in [-0.1, -0.05) is 45.4 Å². The molecule has 8 nitrogen and oxygen atoms in total. The van der Waals surface area contributed by atoms with Gasteiger partial charge in [0.2, 0.25) is 0 Å². The molecule has 33 heavy (non-hydrogen) atoms. The van der Waals surface area contributed by atoms with E-state index < -0.39 is 11.2 Å². The number of unbranched alkanes of at least 4 members (excludes halogenated alkanes) is 1. The average molecular weight is 451 g/mol. The summed E-state index contributed by atoms with van der Waals surface area (Å²) in [7, 11) is 0. The van der Waals surface area contributed by atoms with Crippen LogP contribution in [0.15, 0.2) is 64.2 Å². The molecule has 0 fully saturated rings. The molecule has 174 valence electrons. The average Bonchev–Trinajstić information content (AvgIpc) is 2.78. The standard InChI is InChI=1S/C25H30N4O4/c1-4-5-15-28-22(26)21(23(30)27-25(28)32)29(16-17(2)3)24(31)18-11-13-20(14-12-18)33-19-9-7-6-8-10-19/h6-14,17H,4-5,15-16,26H2,1-3H3,(H,27,30,32). The second kappa shape index (κ2) is 10.7. The van der Waals surface area contributed by atoms with E-state index in [2.05, 4.69) is 4.98 Å². The molecule has 0 radical (unpaired) electrons. The summed E-state index contributed by atoms with van der Waals surface area (Å²) >= 11 is 0. The SMILES string of the molecule is CCCCn1c(N)c(N(CC(C)C)C(=O)c2ccc(Oc3ccccc3)cc2)c(=O)[nH]c1=O. The van der Waals surface area contributed by atoms with Gasteiger partial charge in [-0.25, -0.2) is 4.79 Å². The van der Waals surface area contributed by atoms with E-state index in [-0.39, 0.29) is 29.9 Å². The number of para-hydroxylation sites is 1. The Morgan fingerprint density at radius 2 is 1.70 bits per heavy atom. The van der Waals surface area contributed by atoms with Crippen LogP contribution in [0.3, 0.4) is 0 Å². The van der Waals surface area contributed by atoms with Crippen molar-refractivity contribution < 1.29 is 9.53 Å². The van der Waals surface area contributed by atoms with Gasteiger partial charge in [-0.2, -0.15) is 0 Å². The first-order valence-corrected chi connectivity index (χ1v) is 11.1. The fourth-order valence-electron chi connectivity index (χ4n) is 3.46. The molecular weight excluding hydrogens is 420 g/mol. The summed E-state index contributed by atoms with van der Waals surface area (Å²) in [6.07, 6.45) is 1.57. The quantitative estimate of drug-likeness (QED) is 0.512. The van der Waals surface area contributed by atoms with Crippen molar-refractivity contribution in [2.45, 2.75) is 40.2 Å². The van der Waals surface area contributed by atoms with Crippen LogP contribution in [-0.4, -0.2) is 22.0 Å².